The highest BCUT2D eigenvalue weighted by Gasteiger charge is 2.11. The quantitative estimate of drug-likeness (QED) is 0.630. The molecule has 2 nitrogen and oxygen atoms in total. The zero-order valence-corrected chi connectivity index (χ0v) is 9.16. The topological polar surface area (TPSA) is 7.60 Å². The molecule has 0 spiro atoms. The maximum atomic E-state index is 6.87. The third kappa shape index (κ3) is 2.37. The molecule has 0 bridgehead atoms. The van der Waals surface area contributed by atoms with Gasteiger partial charge in [-0.3, -0.25) is 0 Å². The maximum absolute atomic E-state index is 6.87. The van der Waals surface area contributed by atoms with Gasteiger partial charge in [0.15, 0.2) is 0 Å². The lowest BCUT2D eigenvalue weighted by molar-refractivity contribution is 0.352. The Morgan fingerprint density at radius 3 is 2.73 bits per heavy atom. The monoisotopic (exact) mass is 200 g/mol. The number of benzene rings is 1. The van der Waals surface area contributed by atoms with E-state index in [1.54, 1.807) is 0 Å². The third-order valence-corrected chi connectivity index (χ3v) is 3.06. The lowest BCUT2D eigenvalue weighted by Gasteiger charge is -2.10. The van der Waals surface area contributed by atoms with Crippen molar-refractivity contribution in [2.75, 3.05) is 20.1 Å². The highest BCUT2D eigenvalue weighted by Crippen LogP contribution is 2.17. The molecule has 0 aliphatic carbocycles. The van der Waals surface area contributed by atoms with Gasteiger partial charge in [-0.05, 0) is 37.1 Å². The molecule has 0 saturated carbocycles. The van der Waals surface area contributed by atoms with Gasteiger partial charge in [-0.25, -0.2) is 6.57 Å². The minimum atomic E-state index is 0.517. The van der Waals surface area contributed by atoms with Crippen molar-refractivity contribution in [1.29, 1.82) is 0 Å². The molecule has 15 heavy (non-hydrogen) atoms. The largest absolute Gasteiger partial charge is 0.312 e. The van der Waals surface area contributed by atoms with Gasteiger partial charge in [-0.1, -0.05) is 12.1 Å². The van der Waals surface area contributed by atoms with Crippen molar-refractivity contribution in [1.82, 2.24) is 4.90 Å². The lowest BCUT2D eigenvalue weighted by Crippen LogP contribution is -2.20. The molecule has 0 amide bonds. The average molecular weight is 200 g/mol. The average Bonchev–Trinajstić information content (AvgIpc) is 2.42. The molecular weight excluding hydrogens is 184 g/mol. The van der Waals surface area contributed by atoms with Crippen LogP contribution in [0.2, 0.25) is 0 Å². The second-order valence-corrected chi connectivity index (χ2v) is 4.22. The summed E-state index contributed by atoms with van der Waals surface area (Å²) >= 11 is 0. The van der Waals surface area contributed by atoms with E-state index in [9.17, 15) is 0 Å². The van der Waals surface area contributed by atoms with Crippen LogP contribution in [-0.4, -0.2) is 25.0 Å². The van der Waals surface area contributed by atoms with Gasteiger partial charge in [-0.2, -0.15) is 0 Å². The van der Waals surface area contributed by atoms with Crippen LogP contribution in [0.5, 0.6) is 0 Å². The summed E-state index contributed by atoms with van der Waals surface area (Å²) in [6.07, 6.45) is 2.27. The van der Waals surface area contributed by atoms with Gasteiger partial charge in [0, 0.05) is 18.7 Å². The highest BCUT2D eigenvalue weighted by molar-refractivity contribution is 5.33. The number of hydrogen-bond donors (Lipinski definition) is 0. The molecule has 2 rings (SSSR count). The van der Waals surface area contributed by atoms with Crippen LogP contribution in [0, 0.1) is 6.57 Å². The summed E-state index contributed by atoms with van der Waals surface area (Å²) < 4.78 is 0. The predicted molar refractivity (Wildman–Crippen MR) is 61.7 cm³/mol. The van der Waals surface area contributed by atoms with E-state index in [4.69, 9.17) is 6.57 Å². The second kappa shape index (κ2) is 4.46. The third-order valence-electron chi connectivity index (χ3n) is 3.06. The number of rotatable bonds is 1. The molecule has 0 saturated heterocycles. The van der Waals surface area contributed by atoms with Crippen molar-refractivity contribution in [3.05, 3.63) is 46.3 Å². The van der Waals surface area contributed by atoms with Crippen molar-refractivity contribution in [3.8, 4) is 0 Å². The van der Waals surface area contributed by atoms with Crippen LogP contribution in [0.3, 0.4) is 0 Å². The fraction of sp³-hybridized carbons (Fsp3) is 0.462. The Kier molecular flexibility index (Phi) is 3.03. The standard InChI is InChI=1S/C13H16N2/c1-14-10-11-3-4-12-5-7-15(2)8-6-13(12)9-11/h3-4,9H,5-8,10H2,2H3. The summed E-state index contributed by atoms with van der Waals surface area (Å²) in [5, 5.41) is 0. The molecule has 2 heteroatoms. The van der Waals surface area contributed by atoms with E-state index in [0.717, 1.165) is 31.5 Å². The zero-order valence-electron chi connectivity index (χ0n) is 9.16. The summed E-state index contributed by atoms with van der Waals surface area (Å²) in [5.74, 6) is 0. The van der Waals surface area contributed by atoms with Crippen molar-refractivity contribution in [2.24, 2.45) is 0 Å². The Labute approximate surface area is 91.3 Å². The second-order valence-electron chi connectivity index (χ2n) is 4.22. The van der Waals surface area contributed by atoms with Crippen molar-refractivity contribution >= 4 is 0 Å². The highest BCUT2D eigenvalue weighted by atomic mass is 15.1. The Hall–Kier alpha value is -1.33. The van der Waals surface area contributed by atoms with Gasteiger partial charge >= 0.3 is 0 Å². The molecule has 0 radical (unpaired) electrons. The number of likely N-dealkylation sites (N-methyl/N-ethyl adjacent to an activating group) is 1. The molecule has 0 atom stereocenters. The van der Waals surface area contributed by atoms with E-state index >= 15 is 0 Å². The SMILES string of the molecule is [C-]#[N+]Cc1ccc2c(c1)CCN(C)CC2. The summed E-state index contributed by atoms with van der Waals surface area (Å²) in [5.41, 5.74) is 4.07. The fourth-order valence-electron chi connectivity index (χ4n) is 2.08. The normalized spacial score (nSPS) is 16.5. The van der Waals surface area contributed by atoms with Crippen LogP contribution in [0.25, 0.3) is 4.85 Å². The van der Waals surface area contributed by atoms with Gasteiger partial charge in [0.05, 0.1) is 0 Å². The van der Waals surface area contributed by atoms with Gasteiger partial charge in [0.1, 0.15) is 0 Å². The van der Waals surface area contributed by atoms with Crippen LogP contribution in [0.15, 0.2) is 18.2 Å². The van der Waals surface area contributed by atoms with Gasteiger partial charge in [-0.15, -0.1) is 0 Å². The van der Waals surface area contributed by atoms with Crippen molar-refractivity contribution in [3.63, 3.8) is 0 Å². The first kappa shape index (κ1) is 10.2. The van der Waals surface area contributed by atoms with Crippen LogP contribution >= 0.6 is 0 Å². The van der Waals surface area contributed by atoms with Crippen LogP contribution in [0.4, 0.5) is 0 Å². The Bertz CT molecular complexity index is 390. The van der Waals surface area contributed by atoms with Crippen molar-refractivity contribution in [2.45, 2.75) is 19.4 Å². The van der Waals surface area contributed by atoms with Crippen LogP contribution < -0.4 is 0 Å². The van der Waals surface area contributed by atoms with E-state index in [2.05, 4.69) is 35.0 Å². The molecule has 0 unspecified atom stereocenters. The molecule has 1 heterocycles. The summed E-state index contributed by atoms with van der Waals surface area (Å²) in [4.78, 5) is 5.80. The molecule has 0 fully saturated rings. The molecule has 0 N–H and O–H groups in total. The molecule has 1 aliphatic rings. The summed E-state index contributed by atoms with van der Waals surface area (Å²) in [6, 6.07) is 6.52. The van der Waals surface area contributed by atoms with Crippen LogP contribution in [0.1, 0.15) is 16.7 Å². The molecule has 78 valence electrons. The first-order valence-electron chi connectivity index (χ1n) is 5.42. The molecule has 1 aromatic rings. The molecule has 1 aromatic carbocycles. The smallest absolute Gasteiger partial charge is 0.239 e. The summed E-state index contributed by atoms with van der Waals surface area (Å²) in [7, 11) is 2.17. The predicted octanol–water partition coefficient (Wildman–Crippen LogP) is 2.14. The minimum absolute atomic E-state index is 0.517. The fourth-order valence-corrected chi connectivity index (χ4v) is 2.08. The molecular formula is C13H16N2. The van der Waals surface area contributed by atoms with Crippen molar-refractivity contribution < 1.29 is 0 Å². The molecule has 0 aromatic heterocycles. The summed E-state index contributed by atoms with van der Waals surface area (Å²) in [6.45, 7) is 9.67. The van der Waals surface area contributed by atoms with E-state index < -0.39 is 0 Å². The van der Waals surface area contributed by atoms with Gasteiger partial charge in [0.25, 0.3) is 0 Å². The van der Waals surface area contributed by atoms with Crippen LogP contribution in [-0.2, 0) is 19.4 Å². The zero-order chi connectivity index (χ0) is 10.7. The van der Waals surface area contributed by atoms with Gasteiger partial charge in [0.2, 0.25) is 6.54 Å². The Balaban J connectivity index is 2.25. The van der Waals surface area contributed by atoms with E-state index in [-0.39, 0.29) is 0 Å². The minimum Gasteiger partial charge on any atom is -0.312 e. The van der Waals surface area contributed by atoms with E-state index in [1.807, 2.05) is 0 Å². The van der Waals surface area contributed by atoms with E-state index in [0.29, 0.717) is 6.54 Å². The Morgan fingerprint density at radius 1 is 1.27 bits per heavy atom. The van der Waals surface area contributed by atoms with Gasteiger partial charge < -0.3 is 9.74 Å². The number of fused-ring (bicyclic) bond motifs is 1. The lowest BCUT2D eigenvalue weighted by atomic mass is 10.0. The first-order chi connectivity index (χ1) is 7.29. The molecule has 1 aliphatic heterocycles. The number of nitrogens with zero attached hydrogens (tertiary/aromatic N) is 2. The number of hydrogen-bond acceptors (Lipinski definition) is 1. The first-order valence-corrected chi connectivity index (χ1v) is 5.42. The maximum Gasteiger partial charge on any atom is 0.239 e. The van der Waals surface area contributed by atoms with E-state index in [1.165, 1.54) is 11.1 Å². The Morgan fingerprint density at radius 2 is 2.00 bits per heavy atom.